The number of amides is 1. The van der Waals surface area contributed by atoms with Crippen LogP contribution in [-0.4, -0.2) is 35.5 Å². The molecule has 0 radical (unpaired) electrons. The van der Waals surface area contributed by atoms with Gasteiger partial charge in [0.15, 0.2) is 0 Å². The van der Waals surface area contributed by atoms with Crippen LogP contribution in [0.5, 0.6) is 0 Å². The molecule has 0 saturated heterocycles. The van der Waals surface area contributed by atoms with E-state index in [4.69, 9.17) is 5.11 Å². The number of aliphatic carboxylic acids is 1. The number of likely N-dealkylation sites (N-methyl/N-ethyl adjacent to an activating group) is 1. The van der Waals surface area contributed by atoms with Crippen LogP contribution < -0.4 is 0 Å². The lowest BCUT2D eigenvalue weighted by Gasteiger charge is -2.26. The monoisotopic (exact) mass is 301 g/mol. The van der Waals surface area contributed by atoms with Crippen LogP contribution >= 0.6 is 0 Å². The van der Waals surface area contributed by atoms with Crippen molar-refractivity contribution >= 4 is 11.9 Å². The van der Waals surface area contributed by atoms with Gasteiger partial charge in [-0.3, -0.25) is 9.59 Å². The average Bonchev–Trinajstić information content (AvgIpc) is 3.13. The maximum absolute atomic E-state index is 12.6. The molecule has 2 aliphatic rings. The molecule has 2 saturated carbocycles. The third-order valence-electron chi connectivity index (χ3n) is 5.29. The van der Waals surface area contributed by atoms with Crippen LogP contribution in [0.3, 0.4) is 0 Å². The number of benzene rings is 1. The Labute approximate surface area is 131 Å². The number of rotatable bonds is 5. The Morgan fingerprint density at radius 1 is 1.18 bits per heavy atom. The molecule has 1 N–H and O–H groups in total. The first-order chi connectivity index (χ1) is 10.5. The second kappa shape index (κ2) is 5.75. The second-order valence-electron chi connectivity index (χ2n) is 6.89. The number of carbonyl (C=O) groups excluding carboxylic acids is 1. The molecule has 4 heteroatoms. The Morgan fingerprint density at radius 2 is 1.82 bits per heavy atom. The van der Waals surface area contributed by atoms with E-state index in [1.165, 1.54) is 5.56 Å². The molecule has 0 heterocycles. The minimum absolute atomic E-state index is 0.113. The molecule has 0 bridgehead atoms. The zero-order valence-electron chi connectivity index (χ0n) is 13.0. The van der Waals surface area contributed by atoms with Crippen molar-refractivity contribution in [2.45, 2.75) is 37.5 Å². The summed E-state index contributed by atoms with van der Waals surface area (Å²) in [5.41, 5.74) is 1.43. The van der Waals surface area contributed by atoms with Gasteiger partial charge < -0.3 is 10.0 Å². The maximum atomic E-state index is 12.6. The van der Waals surface area contributed by atoms with E-state index < -0.39 is 5.97 Å². The van der Waals surface area contributed by atoms with E-state index in [9.17, 15) is 9.59 Å². The summed E-state index contributed by atoms with van der Waals surface area (Å²) in [6, 6.07) is 10.4. The molecule has 1 aromatic carbocycles. The van der Waals surface area contributed by atoms with Crippen LogP contribution in [0.15, 0.2) is 30.3 Å². The number of nitrogens with zero attached hydrogens (tertiary/aromatic N) is 1. The van der Waals surface area contributed by atoms with Gasteiger partial charge in [-0.05, 0) is 37.7 Å². The maximum Gasteiger partial charge on any atom is 0.306 e. The fourth-order valence-electron chi connectivity index (χ4n) is 3.75. The van der Waals surface area contributed by atoms with Crippen LogP contribution in [0.1, 0.15) is 37.7 Å². The summed E-state index contributed by atoms with van der Waals surface area (Å²) < 4.78 is 0. The molecule has 1 aromatic rings. The minimum atomic E-state index is -0.763. The highest BCUT2D eigenvalue weighted by atomic mass is 16.4. The first kappa shape index (κ1) is 15.1. The summed E-state index contributed by atoms with van der Waals surface area (Å²) in [4.78, 5) is 25.5. The van der Waals surface area contributed by atoms with Crippen molar-refractivity contribution in [3.8, 4) is 0 Å². The molecule has 2 aliphatic carbocycles. The van der Waals surface area contributed by atoms with E-state index in [1.54, 1.807) is 0 Å². The highest BCUT2D eigenvalue weighted by molar-refractivity contribution is 5.81. The lowest BCUT2D eigenvalue weighted by atomic mass is 9.94. The summed E-state index contributed by atoms with van der Waals surface area (Å²) in [7, 11) is 1.86. The topological polar surface area (TPSA) is 57.6 Å². The SMILES string of the molecule is CN(CC1(c2ccccc2)CC1)C(=O)[C@@H]1CC[C@H](C(=O)O)C1. The summed E-state index contributed by atoms with van der Waals surface area (Å²) >= 11 is 0. The quantitative estimate of drug-likeness (QED) is 0.909. The standard InChI is InChI=1S/C18H23NO3/c1-19(16(20)13-7-8-14(11-13)17(21)22)12-18(9-10-18)15-5-3-2-4-6-15/h2-6,13-14H,7-12H2,1H3,(H,21,22)/t13-,14+/m1/s1. The third-order valence-corrected chi connectivity index (χ3v) is 5.29. The molecule has 4 nitrogen and oxygen atoms in total. The number of carbonyl (C=O) groups is 2. The van der Waals surface area contributed by atoms with Gasteiger partial charge in [0.1, 0.15) is 0 Å². The average molecular weight is 301 g/mol. The van der Waals surface area contributed by atoms with Crippen molar-refractivity contribution in [1.82, 2.24) is 4.90 Å². The first-order valence-corrected chi connectivity index (χ1v) is 8.05. The van der Waals surface area contributed by atoms with E-state index in [0.717, 1.165) is 19.4 Å². The van der Waals surface area contributed by atoms with Crippen molar-refractivity contribution in [2.75, 3.05) is 13.6 Å². The van der Waals surface area contributed by atoms with Gasteiger partial charge in [-0.15, -0.1) is 0 Å². The van der Waals surface area contributed by atoms with Gasteiger partial charge in [0.05, 0.1) is 5.92 Å². The van der Waals surface area contributed by atoms with Gasteiger partial charge in [-0.1, -0.05) is 30.3 Å². The predicted octanol–water partition coefficient (Wildman–Crippen LogP) is 2.68. The summed E-state index contributed by atoms with van der Waals surface area (Å²) in [6.45, 7) is 0.740. The van der Waals surface area contributed by atoms with Gasteiger partial charge in [0.25, 0.3) is 0 Å². The van der Waals surface area contributed by atoms with Crippen molar-refractivity contribution in [3.63, 3.8) is 0 Å². The van der Waals surface area contributed by atoms with Crippen molar-refractivity contribution in [3.05, 3.63) is 35.9 Å². The summed E-state index contributed by atoms with van der Waals surface area (Å²) in [5, 5.41) is 9.07. The molecule has 22 heavy (non-hydrogen) atoms. The molecule has 2 atom stereocenters. The van der Waals surface area contributed by atoms with Crippen molar-refractivity contribution in [1.29, 1.82) is 0 Å². The van der Waals surface area contributed by atoms with Gasteiger partial charge >= 0.3 is 5.97 Å². The van der Waals surface area contributed by atoms with E-state index >= 15 is 0 Å². The van der Waals surface area contributed by atoms with E-state index in [1.807, 2.05) is 30.1 Å². The van der Waals surface area contributed by atoms with Gasteiger partial charge in [0.2, 0.25) is 5.91 Å². The molecular weight excluding hydrogens is 278 g/mol. The normalized spacial score (nSPS) is 25.7. The molecule has 0 unspecified atom stereocenters. The minimum Gasteiger partial charge on any atom is -0.481 e. The fourth-order valence-corrected chi connectivity index (χ4v) is 3.75. The Hall–Kier alpha value is -1.84. The third kappa shape index (κ3) is 2.87. The molecule has 0 aliphatic heterocycles. The Morgan fingerprint density at radius 3 is 2.36 bits per heavy atom. The smallest absolute Gasteiger partial charge is 0.306 e. The Bertz CT molecular complexity index is 565. The molecular formula is C18H23NO3. The van der Waals surface area contributed by atoms with Crippen LogP contribution in [0.25, 0.3) is 0 Å². The Kier molecular flexibility index (Phi) is 3.94. The van der Waals surface area contributed by atoms with E-state index in [2.05, 4.69) is 12.1 Å². The predicted molar refractivity (Wildman–Crippen MR) is 83.5 cm³/mol. The van der Waals surface area contributed by atoms with Crippen LogP contribution in [-0.2, 0) is 15.0 Å². The van der Waals surface area contributed by atoms with Crippen LogP contribution in [0.2, 0.25) is 0 Å². The van der Waals surface area contributed by atoms with Crippen LogP contribution in [0, 0.1) is 11.8 Å². The van der Waals surface area contributed by atoms with E-state index in [0.29, 0.717) is 19.3 Å². The number of carboxylic acids is 1. The number of hydrogen-bond donors (Lipinski definition) is 1. The number of hydrogen-bond acceptors (Lipinski definition) is 2. The molecule has 3 rings (SSSR count). The summed E-state index contributed by atoms with van der Waals surface area (Å²) in [6.07, 6.45) is 4.08. The zero-order chi connectivity index (χ0) is 15.7. The molecule has 1 amide bonds. The van der Waals surface area contributed by atoms with Gasteiger partial charge in [-0.25, -0.2) is 0 Å². The fraction of sp³-hybridized carbons (Fsp3) is 0.556. The zero-order valence-corrected chi connectivity index (χ0v) is 13.0. The molecule has 2 fully saturated rings. The lowest BCUT2D eigenvalue weighted by Crippen LogP contribution is -2.37. The van der Waals surface area contributed by atoms with E-state index in [-0.39, 0.29) is 23.2 Å². The highest BCUT2D eigenvalue weighted by Gasteiger charge is 2.46. The second-order valence-corrected chi connectivity index (χ2v) is 6.89. The molecule has 0 aromatic heterocycles. The largest absolute Gasteiger partial charge is 0.481 e. The Balaban J connectivity index is 1.62. The molecule has 118 valence electrons. The van der Waals surface area contributed by atoms with Gasteiger partial charge in [0, 0.05) is 24.9 Å². The number of carboxylic acid groups (broad SMARTS) is 1. The van der Waals surface area contributed by atoms with Crippen molar-refractivity contribution in [2.24, 2.45) is 11.8 Å². The first-order valence-electron chi connectivity index (χ1n) is 8.05. The lowest BCUT2D eigenvalue weighted by molar-refractivity contribution is -0.141. The van der Waals surface area contributed by atoms with Gasteiger partial charge in [-0.2, -0.15) is 0 Å². The highest BCUT2D eigenvalue weighted by Crippen LogP contribution is 2.48. The molecule has 0 spiro atoms. The van der Waals surface area contributed by atoms with Crippen molar-refractivity contribution < 1.29 is 14.7 Å². The summed E-state index contributed by atoms with van der Waals surface area (Å²) in [5.74, 6) is -1.10. The van der Waals surface area contributed by atoms with Crippen LogP contribution in [0.4, 0.5) is 0 Å².